The number of benzene rings is 2. The third-order valence-corrected chi connectivity index (χ3v) is 4.12. The van der Waals surface area contributed by atoms with E-state index in [0.717, 1.165) is 10.2 Å². The molecule has 0 unspecified atom stereocenters. The van der Waals surface area contributed by atoms with Crippen LogP contribution >= 0.6 is 15.9 Å². The van der Waals surface area contributed by atoms with Crippen LogP contribution in [0, 0.1) is 0 Å². The number of amides is 1. The van der Waals surface area contributed by atoms with Crippen LogP contribution in [-0.2, 0) is 16.1 Å². The average molecular weight is 457 g/mol. The molecule has 3 rings (SSSR count). The van der Waals surface area contributed by atoms with Crippen molar-refractivity contribution < 1.29 is 14.3 Å². The lowest BCUT2D eigenvalue weighted by Gasteiger charge is -2.08. The minimum absolute atomic E-state index is 0.00646. The van der Waals surface area contributed by atoms with Crippen molar-refractivity contribution >= 4 is 45.4 Å². The van der Waals surface area contributed by atoms with E-state index in [1.165, 1.54) is 0 Å². The highest BCUT2D eigenvalue weighted by Gasteiger charge is 2.11. The molecular formula is C19H17BrN6O3. The summed E-state index contributed by atoms with van der Waals surface area (Å²) in [6.07, 6.45) is 0. The van der Waals surface area contributed by atoms with E-state index in [9.17, 15) is 9.59 Å². The lowest BCUT2D eigenvalue weighted by molar-refractivity contribution is -0.143. The molecule has 1 amide bonds. The normalized spacial score (nSPS) is 10.2. The number of ether oxygens (including phenoxy) is 1. The first kappa shape index (κ1) is 20.2. The van der Waals surface area contributed by atoms with Crippen molar-refractivity contribution in [3.8, 4) is 0 Å². The van der Waals surface area contributed by atoms with Crippen LogP contribution in [0.2, 0.25) is 0 Å². The molecule has 1 aromatic heterocycles. The topological polar surface area (TPSA) is 132 Å². The number of carbonyl (C=O) groups excluding carboxylic acids is 2. The minimum atomic E-state index is -0.632. The van der Waals surface area contributed by atoms with Crippen LogP contribution in [0.4, 0.5) is 17.6 Å². The first-order chi connectivity index (χ1) is 14.0. The Labute approximate surface area is 174 Å². The predicted octanol–water partition coefficient (Wildman–Crippen LogP) is 2.43. The zero-order chi connectivity index (χ0) is 20.6. The summed E-state index contributed by atoms with van der Waals surface area (Å²) >= 11 is 3.29. The van der Waals surface area contributed by atoms with Gasteiger partial charge in [-0.05, 0) is 36.4 Å². The Kier molecular flexibility index (Phi) is 6.69. The number of nitrogens with one attached hydrogen (secondary N) is 2. The van der Waals surface area contributed by atoms with Crippen LogP contribution in [0.1, 0.15) is 16.2 Å². The summed E-state index contributed by atoms with van der Waals surface area (Å²) in [5.41, 5.74) is 6.90. The van der Waals surface area contributed by atoms with E-state index in [1.54, 1.807) is 24.3 Å². The largest absolute Gasteiger partial charge is 0.456 e. The highest BCUT2D eigenvalue weighted by atomic mass is 79.9. The van der Waals surface area contributed by atoms with E-state index >= 15 is 0 Å². The van der Waals surface area contributed by atoms with Crippen LogP contribution in [0.5, 0.6) is 0 Å². The number of para-hydroxylation sites is 1. The van der Waals surface area contributed by atoms with Gasteiger partial charge in [0.15, 0.2) is 12.4 Å². The lowest BCUT2D eigenvalue weighted by atomic mass is 10.2. The highest BCUT2D eigenvalue weighted by molar-refractivity contribution is 9.10. The summed E-state index contributed by atoms with van der Waals surface area (Å²) < 4.78 is 5.95. The second kappa shape index (κ2) is 9.60. The highest BCUT2D eigenvalue weighted by Crippen LogP contribution is 2.13. The van der Waals surface area contributed by atoms with Crippen molar-refractivity contribution in [1.29, 1.82) is 0 Å². The van der Waals surface area contributed by atoms with E-state index in [2.05, 4.69) is 41.5 Å². The fraction of sp³-hybridized carbons (Fsp3) is 0.105. The number of hydrogen-bond acceptors (Lipinski definition) is 8. The summed E-state index contributed by atoms with van der Waals surface area (Å²) in [4.78, 5) is 36.0. The number of rotatable bonds is 7. The number of esters is 1. The van der Waals surface area contributed by atoms with Crippen LogP contribution < -0.4 is 16.4 Å². The summed E-state index contributed by atoms with van der Waals surface area (Å²) in [5, 5.41) is 5.48. The van der Waals surface area contributed by atoms with Gasteiger partial charge in [-0.25, -0.2) is 0 Å². The molecule has 4 N–H and O–H groups in total. The molecule has 0 atom stereocenters. The van der Waals surface area contributed by atoms with Crippen molar-refractivity contribution in [2.24, 2.45) is 0 Å². The molecule has 0 spiro atoms. The van der Waals surface area contributed by atoms with Crippen molar-refractivity contribution in [3.05, 3.63) is 70.5 Å². The number of anilines is 3. The average Bonchev–Trinajstić information content (AvgIpc) is 2.71. The molecule has 10 heteroatoms. The second-order valence-corrected chi connectivity index (χ2v) is 6.69. The molecule has 0 aliphatic rings. The molecule has 0 radical (unpaired) electrons. The summed E-state index contributed by atoms with van der Waals surface area (Å²) in [6.45, 7) is -0.492. The van der Waals surface area contributed by atoms with Gasteiger partial charge in [-0.15, -0.1) is 0 Å². The van der Waals surface area contributed by atoms with Crippen molar-refractivity contribution in [2.45, 2.75) is 6.61 Å². The maximum atomic E-state index is 12.0. The number of nitrogens with two attached hydrogens (primary N) is 1. The van der Waals surface area contributed by atoms with E-state index in [0.29, 0.717) is 5.56 Å². The van der Waals surface area contributed by atoms with Gasteiger partial charge >= 0.3 is 5.97 Å². The Bertz CT molecular complexity index is 999. The SMILES string of the molecule is Nc1nc(COC(=O)CNC(=O)c2ccc(Br)cc2)nc(Nc2ccccc2)n1. The molecule has 0 saturated heterocycles. The Balaban J connectivity index is 1.51. The smallest absolute Gasteiger partial charge is 0.325 e. The fourth-order valence-electron chi connectivity index (χ4n) is 2.26. The number of carbonyl (C=O) groups is 2. The van der Waals surface area contributed by atoms with Crippen LogP contribution in [-0.4, -0.2) is 33.4 Å². The van der Waals surface area contributed by atoms with Gasteiger partial charge in [-0.3, -0.25) is 9.59 Å². The van der Waals surface area contributed by atoms with E-state index in [-0.39, 0.29) is 36.8 Å². The Hall–Kier alpha value is -3.53. The summed E-state index contributed by atoms with van der Waals surface area (Å²) in [7, 11) is 0. The number of nitrogen functional groups attached to an aromatic ring is 1. The molecule has 0 fully saturated rings. The van der Waals surface area contributed by atoms with Gasteiger partial charge < -0.3 is 21.1 Å². The lowest BCUT2D eigenvalue weighted by Crippen LogP contribution is -2.30. The first-order valence-corrected chi connectivity index (χ1v) is 9.31. The van der Waals surface area contributed by atoms with Crippen LogP contribution in [0.15, 0.2) is 59.1 Å². The van der Waals surface area contributed by atoms with Gasteiger partial charge in [0.2, 0.25) is 11.9 Å². The first-order valence-electron chi connectivity index (χ1n) is 8.51. The van der Waals surface area contributed by atoms with Gasteiger partial charge in [-0.1, -0.05) is 34.1 Å². The van der Waals surface area contributed by atoms with Gasteiger partial charge in [0.1, 0.15) is 6.54 Å². The molecule has 148 valence electrons. The standard InChI is InChI=1S/C19H17BrN6O3/c20-13-8-6-12(7-9-13)17(28)22-10-16(27)29-11-15-24-18(21)26-19(25-15)23-14-4-2-1-3-5-14/h1-9H,10-11H2,(H,22,28)(H3,21,23,24,25,26). The number of hydrogen-bond donors (Lipinski definition) is 3. The quantitative estimate of drug-likeness (QED) is 0.461. The van der Waals surface area contributed by atoms with Gasteiger partial charge in [0, 0.05) is 15.7 Å². The number of halogens is 1. The molecule has 0 saturated carbocycles. The molecule has 9 nitrogen and oxygen atoms in total. The van der Waals surface area contributed by atoms with Gasteiger partial charge in [0.25, 0.3) is 5.91 Å². The number of aromatic nitrogens is 3. The van der Waals surface area contributed by atoms with Gasteiger partial charge in [-0.2, -0.15) is 15.0 Å². The Morgan fingerprint density at radius 2 is 1.72 bits per heavy atom. The maximum absolute atomic E-state index is 12.0. The zero-order valence-corrected chi connectivity index (χ0v) is 16.7. The minimum Gasteiger partial charge on any atom is -0.456 e. The molecule has 1 heterocycles. The molecule has 2 aromatic carbocycles. The third-order valence-electron chi connectivity index (χ3n) is 3.59. The maximum Gasteiger partial charge on any atom is 0.325 e. The summed E-state index contributed by atoms with van der Waals surface area (Å²) in [6, 6.07) is 16.0. The monoisotopic (exact) mass is 456 g/mol. The van der Waals surface area contributed by atoms with E-state index < -0.39 is 5.97 Å². The molecule has 0 aliphatic carbocycles. The molecule has 29 heavy (non-hydrogen) atoms. The van der Waals surface area contributed by atoms with Gasteiger partial charge in [0.05, 0.1) is 0 Å². The zero-order valence-electron chi connectivity index (χ0n) is 15.1. The van der Waals surface area contributed by atoms with Crippen molar-refractivity contribution in [2.75, 3.05) is 17.6 Å². The Morgan fingerprint density at radius 1 is 1.00 bits per heavy atom. The van der Waals surface area contributed by atoms with Crippen LogP contribution in [0.25, 0.3) is 0 Å². The Morgan fingerprint density at radius 3 is 2.45 bits per heavy atom. The second-order valence-electron chi connectivity index (χ2n) is 5.77. The molecule has 3 aromatic rings. The predicted molar refractivity (Wildman–Crippen MR) is 110 cm³/mol. The third kappa shape index (κ3) is 6.25. The number of nitrogens with zero attached hydrogens (tertiary/aromatic N) is 3. The molecule has 0 bridgehead atoms. The molecule has 0 aliphatic heterocycles. The van der Waals surface area contributed by atoms with E-state index in [4.69, 9.17) is 10.5 Å². The van der Waals surface area contributed by atoms with Crippen molar-refractivity contribution in [1.82, 2.24) is 20.3 Å². The van der Waals surface area contributed by atoms with E-state index in [1.807, 2.05) is 30.3 Å². The fourth-order valence-corrected chi connectivity index (χ4v) is 2.53. The molecular weight excluding hydrogens is 440 g/mol. The van der Waals surface area contributed by atoms with Crippen LogP contribution in [0.3, 0.4) is 0 Å². The summed E-state index contributed by atoms with van der Waals surface area (Å²) in [5.74, 6) is -0.602. The van der Waals surface area contributed by atoms with Crippen molar-refractivity contribution in [3.63, 3.8) is 0 Å².